The van der Waals surface area contributed by atoms with Gasteiger partial charge in [-0.25, -0.2) is 0 Å². The number of carboxylic acids is 1. The molecule has 16 heavy (non-hydrogen) atoms. The first kappa shape index (κ1) is 12.6. The first-order valence-electron chi connectivity index (χ1n) is 5.06. The Morgan fingerprint density at radius 1 is 1.56 bits per heavy atom. The number of aliphatic carboxylic acids is 1. The standard InChI is InChI=1S/C11H16N2O3/c1-13(8-10(14)6-11(15)16)7-9-4-2-3-5-12-9/h2-5,10,14H,6-8H2,1H3,(H,15,16). The van der Waals surface area contributed by atoms with Crippen molar-refractivity contribution in [2.24, 2.45) is 0 Å². The summed E-state index contributed by atoms with van der Waals surface area (Å²) in [5, 5.41) is 17.9. The Balaban J connectivity index is 2.36. The molecular weight excluding hydrogens is 208 g/mol. The molecule has 0 aliphatic heterocycles. The van der Waals surface area contributed by atoms with Gasteiger partial charge >= 0.3 is 5.97 Å². The van der Waals surface area contributed by atoms with Gasteiger partial charge in [-0.15, -0.1) is 0 Å². The maximum absolute atomic E-state index is 10.4. The minimum atomic E-state index is -0.987. The molecule has 2 N–H and O–H groups in total. The Kier molecular flexibility index (Phi) is 4.88. The van der Waals surface area contributed by atoms with Gasteiger partial charge in [0.05, 0.1) is 18.2 Å². The molecule has 1 unspecified atom stereocenters. The third kappa shape index (κ3) is 4.86. The van der Waals surface area contributed by atoms with Crippen molar-refractivity contribution in [3.63, 3.8) is 0 Å². The number of aliphatic hydroxyl groups is 1. The predicted octanol–water partition coefficient (Wildman–Crippen LogP) is 0.349. The van der Waals surface area contributed by atoms with E-state index >= 15 is 0 Å². The molecule has 0 amide bonds. The molecule has 0 fully saturated rings. The molecule has 1 aromatic heterocycles. The molecule has 1 atom stereocenters. The largest absolute Gasteiger partial charge is 0.481 e. The molecular formula is C11H16N2O3. The number of likely N-dealkylation sites (N-methyl/N-ethyl adjacent to an activating group) is 1. The summed E-state index contributed by atoms with van der Waals surface area (Å²) in [7, 11) is 1.82. The summed E-state index contributed by atoms with van der Waals surface area (Å²) in [6.07, 6.45) is 0.634. The molecule has 5 heteroatoms. The van der Waals surface area contributed by atoms with Crippen LogP contribution in [0.4, 0.5) is 0 Å². The average molecular weight is 224 g/mol. The van der Waals surface area contributed by atoms with Crippen LogP contribution in [0.5, 0.6) is 0 Å². The maximum Gasteiger partial charge on any atom is 0.306 e. The van der Waals surface area contributed by atoms with Crippen molar-refractivity contribution in [2.45, 2.75) is 19.1 Å². The molecule has 0 saturated heterocycles. The van der Waals surface area contributed by atoms with E-state index in [1.807, 2.05) is 30.1 Å². The third-order valence-corrected chi connectivity index (χ3v) is 2.09. The molecule has 1 aromatic rings. The summed E-state index contributed by atoms with van der Waals surface area (Å²) in [5.41, 5.74) is 0.896. The SMILES string of the molecule is CN(Cc1ccccn1)CC(O)CC(=O)O. The summed E-state index contributed by atoms with van der Waals surface area (Å²) in [6.45, 7) is 0.917. The van der Waals surface area contributed by atoms with Crippen LogP contribution in [0.2, 0.25) is 0 Å². The molecule has 0 aliphatic carbocycles. The number of carbonyl (C=O) groups is 1. The van der Waals surface area contributed by atoms with Crippen molar-refractivity contribution in [1.82, 2.24) is 9.88 Å². The highest BCUT2D eigenvalue weighted by Gasteiger charge is 2.12. The summed E-state index contributed by atoms with van der Waals surface area (Å²) in [5.74, 6) is -0.987. The number of rotatable bonds is 6. The zero-order chi connectivity index (χ0) is 12.0. The molecule has 5 nitrogen and oxygen atoms in total. The van der Waals surface area contributed by atoms with Crippen molar-refractivity contribution in [2.75, 3.05) is 13.6 Å². The Hall–Kier alpha value is -1.46. The van der Waals surface area contributed by atoms with Gasteiger partial charge < -0.3 is 10.2 Å². The van der Waals surface area contributed by atoms with Crippen LogP contribution in [0, 0.1) is 0 Å². The van der Waals surface area contributed by atoms with Gasteiger partial charge in [0.25, 0.3) is 0 Å². The van der Waals surface area contributed by atoms with Crippen LogP contribution in [0.1, 0.15) is 12.1 Å². The minimum absolute atomic E-state index is 0.230. The molecule has 0 saturated carbocycles. The van der Waals surface area contributed by atoms with Crippen LogP contribution in [0.15, 0.2) is 24.4 Å². The normalized spacial score (nSPS) is 12.7. The molecule has 1 heterocycles. The van der Waals surface area contributed by atoms with Crippen LogP contribution >= 0.6 is 0 Å². The summed E-state index contributed by atoms with van der Waals surface area (Å²) >= 11 is 0. The van der Waals surface area contributed by atoms with E-state index < -0.39 is 12.1 Å². The fourth-order valence-electron chi connectivity index (χ4n) is 1.46. The molecule has 0 radical (unpaired) electrons. The van der Waals surface area contributed by atoms with E-state index in [2.05, 4.69) is 4.98 Å². The zero-order valence-electron chi connectivity index (χ0n) is 9.21. The van der Waals surface area contributed by atoms with Gasteiger partial charge in [0.1, 0.15) is 0 Å². The summed E-state index contributed by atoms with van der Waals surface area (Å²) in [4.78, 5) is 16.3. The van der Waals surface area contributed by atoms with E-state index in [4.69, 9.17) is 5.11 Å². The average Bonchev–Trinajstić information content (AvgIpc) is 2.17. The van der Waals surface area contributed by atoms with Crippen molar-refractivity contribution in [1.29, 1.82) is 0 Å². The fraction of sp³-hybridized carbons (Fsp3) is 0.455. The first-order valence-corrected chi connectivity index (χ1v) is 5.06. The molecule has 0 bridgehead atoms. The van der Waals surface area contributed by atoms with Gasteiger partial charge in [-0.3, -0.25) is 14.7 Å². The highest BCUT2D eigenvalue weighted by molar-refractivity contribution is 5.67. The molecule has 0 spiro atoms. The number of pyridine rings is 1. The second kappa shape index (κ2) is 6.19. The monoisotopic (exact) mass is 224 g/mol. The van der Waals surface area contributed by atoms with Crippen LogP contribution < -0.4 is 0 Å². The Morgan fingerprint density at radius 2 is 2.31 bits per heavy atom. The quantitative estimate of drug-likeness (QED) is 0.729. The van der Waals surface area contributed by atoms with E-state index in [-0.39, 0.29) is 6.42 Å². The van der Waals surface area contributed by atoms with E-state index in [0.29, 0.717) is 13.1 Å². The van der Waals surface area contributed by atoms with Crippen LogP contribution in [0.3, 0.4) is 0 Å². The van der Waals surface area contributed by atoms with Crippen LogP contribution in [-0.2, 0) is 11.3 Å². The smallest absolute Gasteiger partial charge is 0.306 e. The van der Waals surface area contributed by atoms with E-state index in [0.717, 1.165) is 5.69 Å². The third-order valence-electron chi connectivity index (χ3n) is 2.09. The highest BCUT2D eigenvalue weighted by Crippen LogP contribution is 2.01. The lowest BCUT2D eigenvalue weighted by molar-refractivity contribution is -0.139. The van der Waals surface area contributed by atoms with Gasteiger partial charge in [0.15, 0.2) is 0 Å². The number of hydrogen-bond acceptors (Lipinski definition) is 4. The lowest BCUT2D eigenvalue weighted by atomic mass is 10.2. The van der Waals surface area contributed by atoms with E-state index in [1.165, 1.54) is 0 Å². The summed E-state index contributed by atoms with van der Waals surface area (Å²) in [6, 6.07) is 5.62. The number of aromatic nitrogens is 1. The van der Waals surface area contributed by atoms with Gasteiger partial charge in [0, 0.05) is 19.3 Å². The van der Waals surface area contributed by atoms with E-state index in [9.17, 15) is 9.90 Å². The predicted molar refractivity (Wildman–Crippen MR) is 58.8 cm³/mol. The molecule has 88 valence electrons. The number of carboxylic acid groups (broad SMARTS) is 1. The maximum atomic E-state index is 10.4. The van der Waals surface area contributed by atoms with Crippen molar-refractivity contribution >= 4 is 5.97 Å². The zero-order valence-corrected chi connectivity index (χ0v) is 9.21. The van der Waals surface area contributed by atoms with Gasteiger partial charge in [0.2, 0.25) is 0 Å². The second-order valence-corrected chi connectivity index (χ2v) is 3.77. The van der Waals surface area contributed by atoms with E-state index in [1.54, 1.807) is 6.20 Å². The first-order chi connectivity index (χ1) is 7.58. The highest BCUT2D eigenvalue weighted by atomic mass is 16.4. The lowest BCUT2D eigenvalue weighted by Gasteiger charge is -2.18. The van der Waals surface area contributed by atoms with Gasteiger partial charge in [-0.2, -0.15) is 0 Å². The fourth-order valence-corrected chi connectivity index (χ4v) is 1.46. The molecule has 0 aromatic carbocycles. The Morgan fingerprint density at radius 3 is 2.88 bits per heavy atom. The topological polar surface area (TPSA) is 73.7 Å². The van der Waals surface area contributed by atoms with Crippen LogP contribution in [-0.4, -0.2) is 45.8 Å². The van der Waals surface area contributed by atoms with Gasteiger partial charge in [-0.05, 0) is 19.2 Å². The molecule has 1 rings (SSSR count). The van der Waals surface area contributed by atoms with Crippen molar-refractivity contribution < 1.29 is 15.0 Å². The van der Waals surface area contributed by atoms with Crippen molar-refractivity contribution in [3.05, 3.63) is 30.1 Å². The molecule has 0 aliphatic rings. The number of hydrogen-bond donors (Lipinski definition) is 2. The van der Waals surface area contributed by atoms with Crippen LogP contribution in [0.25, 0.3) is 0 Å². The van der Waals surface area contributed by atoms with Crippen molar-refractivity contribution in [3.8, 4) is 0 Å². The Bertz CT molecular complexity index is 329. The number of aliphatic hydroxyl groups excluding tert-OH is 1. The van der Waals surface area contributed by atoms with Gasteiger partial charge in [-0.1, -0.05) is 6.07 Å². The second-order valence-electron chi connectivity index (χ2n) is 3.77. The summed E-state index contributed by atoms with van der Waals surface area (Å²) < 4.78 is 0. The lowest BCUT2D eigenvalue weighted by Crippen LogP contribution is -2.30. The Labute approximate surface area is 94.4 Å². The number of nitrogens with zero attached hydrogens (tertiary/aromatic N) is 2. The minimum Gasteiger partial charge on any atom is -0.481 e.